The first-order valence-corrected chi connectivity index (χ1v) is 7.08. The summed E-state index contributed by atoms with van der Waals surface area (Å²) in [5.41, 5.74) is -3.67. The molecule has 0 spiro atoms. The van der Waals surface area contributed by atoms with Gasteiger partial charge in [-0.05, 0) is 12.1 Å². The highest BCUT2D eigenvalue weighted by atomic mass is 35.5. The van der Waals surface area contributed by atoms with Gasteiger partial charge >= 0.3 is 11.9 Å². The Labute approximate surface area is 137 Å². The van der Waals surface area contributed by atoms with Gasteiger partial charge in [0.1, 0.15) is 18.9 Å². The molecule has 0 unspecified atom stereocenters. The van der Waals surface area contributed by atoms with Crippen molar-refractivity contribution >= 4 is 11.6 Å². The molecule has 1 aliphatic heterocycles. The Morgan fingerprint density at radius 1 is 1.12 bits per heavy atom. The fourth-order valence-corrected chi connectivity index (χ4v) is 2.59. The van der Waals surface area contributed by atoms with Crippen LogP contribution >= 0.6 is 11.6 Å². The van der Waals surface area contributed by atoms with Crippen LogP contribution in [0.1, 0.15) is 5.69 Å². The maximum atomic E-state index is 12.9. The Kier molecular flexibility index (Phi) is 3.83. The molecule has 2 aromatic rings. The molecule has 2 heterocycles. The molecule has 0 saturated carbocycles. The average Bonchev–Trinajstić information content (AvgIpc) is 2.52. The Morgan fingerprint density at radius 2 is 1.75 bits per heavy atom. The normalized spacial score (nSPS) is 13.9. The van der Waals surface area contributed by atoms with Gasteiger partial charge in [0, 0.05) is 13.1 Å². The number of ether oxygens (including phenoxy) is 2. The fraction of sp³-hybridized carbons (Fsp3) is 0.286. The van der Waals surface area contributed by atoms with Crippen molar-refractivity contribution in [1.82, 2.24) is 9.13 Å². The van der Waals surface area contributed by atoms with E-state index in [1.165, 1.54) is 12.1 Å². The maximum absolute atomic E-state index is 12.9. The predicted molar refractivity (Wildman–Crippen MR) is 78.3 cm³/mol. The Morgan fingerprint density at radius 3 is 2.38 bits per heavy atom. The summed E-state index contributed by atoms with van der Waals surface area (Å²) in [6, 6.07) is 3.03. The monoisotopic (exact) mass is 362 g/mol. The van der Waals surface area contributed by atoms with Crippen LogP contribution in [0.5, 0.6) is 11.5 Å². The molecule has 0 saturated heterocycles. The highest BCUT2D eigenvalue weighted by Gasteiger charge is 2.35. The Balaban J connectivity index is 2.32. The lowest BCUT2D eigenvalue weighted by Gasteiger charge is -2.22. The summed E-state index contributed by atoms with van der Waals surface area (Å²) < 4.78 is 50.4. The van der Waals surface area contributed by atoms with Crippen LogP contribution in [0.3, 0.4) is 0 Å². The molecule has 0 amide bonds. The van der Waals surface area contributed by atoms with E-state index in [4.69, 9.17) is 21.1 Å². The van der Waals surface area contributed by atoms with Gasteiger partial charge in [0.25, 0.3) is 5.56 Å². The first-order chi connectivity index (χ1) is 11.2. The highest BCUT2D eigenvalue weighted by molar-refractivity contribution is 6.32. The molecule has 1 aromatic heterocycles. The number of alkyl halides is 3. The molecular weight excluding hydrogens is 353 g/mol. The molecule has 0 aliphatic carbocycles. The van der Waals surface area contributed by atoms with E-state index in [9.17, 15) is 22.8 Å². The minimum atomic E-state index is -4.83. The minimum absolute atomic E-state index is 0.0339. The molecule has 24 heavy (non-hydrogen) atoms. The molecule has 6 nitrogen and oxygen atoms in total. The molecule has 10 heteroatoms. The van der Waals surface area contributed by atoms with Crippen molar-refractivity contribution in [1.29, 1.82) is 0 Å². The zero-order valence-corrected chi connectivity index (χ0v) is 12.9. The summed E-state index contributed by atoms with van der Waals surface area (Å²) in [5, 5.41) is 0.199. The van der Waals surface area contributed by atoms with Gasteiger partial charge in [0.05, 0.1) is 10.7 Å². The van der Waals surface area contributed by atoms with Gasteiger partial charge in [0.2, 0.25) is 0 Å². The zero-order chi connectivity index (χ0) is 17.6. The molecule has 0 N–H and O–H groups in total. The van der Waals surface area contributed by atoms with Gasteiger partial charge in [-0.25, -0.2) is 9.36 Å². The molecule has 0 radical (unpaired) electrons. The van der Waals surface area contributed by atoms with Crippen LogP contribution in [0.25, 0.3) is 5.69 Å². The van der Waals surface area contributed by atoms with E-state index >= 15 is 0 Å². The summed E-state index contributed by atoms with van der Waals surface area (Å²) in [6.45, 7) is 0.367. The Hall–Kier alpha value is -2.42. The largest absolute Gasteiger partial charge is 0.484 e. The molecule has 1 aliphatic rings. The predicted octanol–water partition coefficient (Wildman–Crippen LogP) is 1.98. The topological polar surface area (TPSA) is 62.5 Å². The van der Waals surface area contributed by atoms with E-state index in [1.807, 2.05) is 0 Å². The lowest BCUT2D eigenvalue weighted by molar-refractivity contribution is -0.144. The van der Waals surface area contributed by atoms with Gasteiger partial charge < -0.3 is 9.47 Å². The van der Waals surface area contributed by atoms with Gasteiger partial charge in [-0.1, -0.05) is 11.6 Å². The number of halogens is 4. The van der Waals surface area contributed by atoms with Crippen molar-refractivity contribution in [2.45, 2.75) is 6.18 Å². The van der Waals surface area contributed by atoms with Crippen molar-refractivity contribution in [3.05, 3.63) is 49.8 Å². The van der Waals surface area contributed by atoms with E-state index < -0.39 is 23.1 Å². The third kappa shape index (κ3) is 2.54. The first kappa shape index (κ1) is 16.4. The van der Waals surface area contributed by atoms with E-state index in [1.54, 1.807) is 0 Å². The molecule has 1 aromatic carbocycles. The summed E-state index contributed by atoms with van der Waals surface area (Å²) in [7, 11) is 0.931. The number of benzene rings is 1. The van der Waals surface area contributed by atoms with Crippen LogP contribution in [0.4, 0.5) is 13.2 Å². The number of rotatable bonds is 1. The van der Waals surface area contributed by atoms with E-state index in [2.05, 4.69) is 0 Å². The molecular formula is C14H10ClF3N2O4. The van der Waals surface area contributed by atoms with Crippen LogP contribution in [0.15, 0.2) is 27.8 Å². The molecule has 0 bridgehead atoms. The van der Waals surface area contributed by atoms with Crippen molar-refractivity contribution in [2.75, 3.05) is 13.2 Å². The van der Waals surface area contributed by atoms with Gasteiger partial charge in [-0.15, -0.1) is 0 Å². The quantitative estimate of drug-likeness (QED) is 0.778. The standard InChI is InChI=1S/C14H10ClF3N2O4/c1-19-9(14(16,17)18)6-10(21)20(13(19)22)8-3-2-7(15)11-12(8)24-5-4-23-11/h2-3,6H,4-5H2,1H3. The summed E-state index contributed by atoms with van der Waals surface area (Å²) >= 11 is 5.97. The van der Waals surface area contributed by atoms with Crippen LogP contribution < -0.4 is 20.7 Å². The van der Waals surface area contributed by atoms with E-state index in [-0.39, 0.29) is 35.4 Å². The van der Waals surface area contributed by atoms with Crippen LogP contribution in [0, 0.1) is 0 Å². The lowest BCUT2D eigenvalue weighted by atomic mass is 10.2. The lowest BCUT2D eigenvalue weighted by Crippen LogP contribution is -2.41. The molecule has 128 valence electrons. The Bertz CT molecular complexity index is 933. The second kappa shape index (κ2) is 5.59. The summed E-state index contributed by atoms with van der Waals surface area (Å²) in [4.78, 5) is 24.5. The van der Waals surface area contributed by atoms with Gasteiger partial charge in [0.15, 0.2) is 11.5 Å². The van der Waals surface area contributed by atoms with E-state index in [0.29, 0.717) is 15.2 Å². The third-order valence-electron chi connectivity index (χ3n) is 3.47. The highest BCUT2D eigenvalue weighted by Crippen LogP contribution is 2.41. The SMILES string of the molecule is Cn1c(C(F)(F)F)cc(=O)n(-c2ccc(Cl)c3c2OCCO3)c1=O. The first-order valence-electron chi connectivity index (χ1n) is 6.70. The molecule has 3 rings (SSSR count). The average molecular weight is 363 g/mol. The molecule has 0 fully saturated rings. The van der Waals surface area contributed by atoms with E-state index in [0.717, 1.165) is 7.05 Å². The molecule has 0 atom stereocenters. The number of nitrogens with zero attached hydrogens (tertiary/aromatic N) is 2. The van der Waals surface area contributed by atoms with Crippen LogP contribution in [-0.4, -0.2) is 22.3 Å². The maximum Gasteiger partial charge on any atom is 0.431 e. The zero-order valence-electron chi connectivity index (χ0n) is 12.2. The van der Waals surface area contributed by atoms with Gasteiger partial charge in [-0.2, -0.15) is 13.2 Å². The van der Waals surface area contributed by atoms with Crippen molar-refractivity contribution in [2.24, 2.45) is 7.05 Å². The fourth-order valence-electron chi connectivity index (χ4n) is 2.39. The van der Waals surface area contributed by atoms with Crippen LogP contribution in [0.2, 0.25) is 5.02 Å². The van der Waals surface area contributed by atoms with Gasteiger partial charge in [-0.3, -0.25) is 9.36 Å². The number of hydrogen-bond donors (Lipinski definition) is 0. The van der Waals surface area contributed by atoms with Crippen LogP contribution in [-0.2, 0) is 13.2 Å². The third-order valence-corrected chi connectivity index (χ3v) is 3.77. The minimum Gasteiger partial charge on any atom is -0.484 e. The summed E-state index contributed by atoms with van der Waals surface area (Å²) in [5.74, 6) is 0.168. The van der Waals surface area contributed by atoms with Crippen molar-refractivity contribution < 1.29 is 22.6 Å². The van der Waals surface area contributed by atoms with Crippen molar-refractivity contribution in [3.63, 3.8) is 0 Å². The number of fused-ring (bicyclic) bond motifs is 1. The number of hydrogen-bond acceptors (Lipinski definition) is 4. The number of aromatic nitrogens is 2. The van der Waals surface area contributed by atoms with Crippen molar-refractivity contribution in [3.8, 4) is 17.2 Å². The summed E-state index contributed by atoms with van der Waals surface area (Å²) in [6.07, 6.45) is -4.83. The second-order valence-corrected chi connectivity index (χ2v) is 5.37. The second-order valence-electron chi connectivity index (χ2n) is 4.96. The smallest absolute Gasteiger partial charge is 0.431 e.